The van der Waals surface area contributed by atoms with Crippen LogP contribution < -0.4 is 10.6 Å². The summed E-state index contributed by atoms with van der Waals surface area (Å²) < 4.78 is 5.23. The first kappa shape index (κ1) is 19.8. The molecule has 2 N–H and O–H groups in total. The Morgan fingerprint density at radius 1 is 1.21 bits per heavy atom. The quantitative estimate of drug-likeness (QED) is 0.616. The first-order valence-electron chi connectivity index (χ1n) is 8.37. The molecule has 0 aliphatic rings. The Bertz CT molecular complexity index is 988. The van der Waals surface area contributed by atoms with E-state index >= 15 is 0 Å². The molecule has 0 saturated heterocycles. The van der Waals surface area contributed by atoms with Gasteiger partial charge in [0.15, 0.2) is 5.11 Å². The van der Waals surface area contributed by atoms with E-state index in [1.54, 1.807) is 50.5 Å². The Kier molecular flexibility index (Phi) is 6.23. The number of aromatic nitrogens is 2. The van der Waals surface area contributed by atoms with Gasteiger partial charge in [-0.1, -0.05) is 28.9 Å². The molecule has 0 unspecified atom stereocenters. The van der Waals surface area contributed by atoms with Crippen LogP contribution in [0.5, 0.6) is 0 Å². The zero-order chi connectivity index (χ0) is 20.1. The molecule has 0 atom stereocenters. The van der Waals surface area contributed by atoms with Gasteiger partial charge < -0.3 is 20.1 Å². The maximum atomic E-state index is 11.9. The predicted molar refractivity (Wildman–Crippen MR) is 112 cm³/mol. The zero-order valence-corrected chi connectivity index (χ0v) is 16.8. The smallest absolute Gasteiger partial charge is 0.253 e. The molecule has 9 heteroatoms. The highest BCUT2D eigenvalue weighted by Crippen LogP contribution is 2.19. The molecule has 0 spiro atoms. The molecule has 1 heterocycles. The molecule has 0 aliphatic heterocycles. The number of halogens is 1. The predicted octanol–water partition coefficient (Wildman–Crippen LogP) is 3.58. The lowest BCUT2D eigenvalue weighted by molar-refractivity contribution is 0.0827. The van der Waals surface area contributed by atoms with Crippen LogP contribution in [0.3, 0.4) is 0 Å². The average molecular weight is 416 g/mol. The van der Waals surface area contributed by atoms with Gasteiger partial charge >= 0.3 is 0 Å². The summed E-state index contributed by atoms with van der Waals surface area (Å²) in [6.07, 6.45) is 0. The van der Waals surface area contributed by atoms with Crippen molar-refractivity contribution in [3.63, 3.8) is 0 Å². The number of rotatable bonds is 5. The SMILES string of the molecule is CN(C)C(=O)c1ccc(NC(=S)NCc2nc(-c3cccc(Cl)c3)no2)cc1. The average Bonchev–Trinajstić information content (AvgIpc) is 3.15. The molecule has 0 aliphatic carbocycles. The molecule has 144 valence electrons. The molecular formula is C19H18ClN5O2S. The molecular weight excluding hydrogens is 398 g/mol. The summed E-state index contributed by atoms with van der Waals surface area (Å²) in [7, 11) is 3.42. The Hall–Kier alpha value is -2.97. The van der Waals surface area contributed by atoms with E-state index in [0.717, 1.165) is 11.3 Å². The molecule has 3 aromatic rings. The van der Waals surface area contributed by atoms with Gasteiger partial charge in [0, 0.05) is 35.9 Å². The number of hydrogen-bond donors (Lipinski definition) is 2. The maximum Gasteiger partial charge on any atom is 0.253 e. The largest absolute Gasteiger partial charge is 0.353 e. The number of carbonyl (C=O) groups is 1. The molecule has 2 aromatic carbocycles. The van der Waals surface area contributed by atoms with Crippen LogP contribution in [0.2, 0.25) is 5.02 Å². The first-order chi connectivity index (χ1) is 13.4. The fourth-order valence-electron chi connectivity index (χ4n) is 2.36. The van der Waals surface area contributed by atoms with Crippen molar-refractivity contribution in [3.05, 3.63) is 65.0 Å². The van der Waals surface area contributed by atoms with E-state index in [4.69, 9.17) is 28.3 Å². The van der Waals surface area contributed by atoms with Crippen LogP contribution in [-0.4, -0.2) is 40.2 Å². The monoisotopic (exact) mass is 415 g/mol. The van der Waals surface area contributed by atoms with Gasteiger partial charge in [0.2, 0.25) is 11.7 Å². The molecule has 28 heavy (non-hydrogen) atoms. The summed E-state index contributed by atoms with van der Waals surface area (Å²) in [6.45, 7) is 0.274. The summed E-state index contributed by atoms with van der Waals surface area (Å²) in [5.41, 5.74) is 2.14. The van der Waals surface area contributed by atoms with E-state index < -0.39 is 0 Å². The van der Waals surface area contributed by atoms with Gasteiger partial charge in [-0.3, -0.25) is 4.79 Å². The molecule has 3 rings (SSSR count). The molecule has 0 radical (unpaired) electrons. The third-order valence-corrected chi connectivity index (χ3v) is 4.23. The molecule has 0 saturated carbocycles. The Morgan fingerprint density at radius 2 is 1.96 bits per heavy atom. The summed E-state index contributed by atoms with van der Waals surface area (Å²) in [5, 5.41) is 11.0. The zero-order valence-electron chi connectivity index (χ0n) is 15.3. The molecule has 1 aromatic heterocycles. The van der Waals surface area contributed by atoms with Crippen molar-refractivity contribution < 1.29 is 9.32 Å². The van der Waals surface area contributed by atoms with Gasteiger partial charge in [0.1, 0.15) is 0 Å². The van der Waals surface area contributed by atoms with Crippen molar-refractivity contribution in [1.29, 1.82) is 0 Å². The first-order valence-corrected chi connectivity index (χ1v) is 9.16. The van der Waals surface area contributed by atoms with Crippen LogP contribution in [0.15, 0.2) is 53.1 Å². The van der Waals surface area contributed by atoms with Gasteiger partial charge in [0.05, 0.1) is 6.54 Å². The minimum absolute atomic E-state index is 0.0563. The van der Waals surface area contributed by atoms with Gasteiger partial charge in [-0.25, -0.2) is 0 Å². The Morgan fingerprint density at radius 3 is 2.64 bits per heavy atom. The van der Waals surface area contributed by atoms with Crippen LogP contribution in [0.1, 0.15) is 16.2 Å². The van der Waals surface area contributed by atoms with Crippen molar-refractivity contribution in [2.75, 3.05) is 19.4 Å². The van der Waals surface area contributed by atoms with Crippen LogP contribution >= 0.6 is 23.8 Å². The third kappa shape index (κ3) is 5.05. The summed E-state index contributed by atoms with van der Waals surface area (Å²) in [4.78, 5) is 17.7. The molecule has 0 fully saturated rings. The van der Waals surface area contributed by atoms with Crippen LogP contribution in [0, 0.1) is 0 Å². The highest BCUT2D eigenvalue weighted by molar-refractivity contribution is 7.80. The van der Waals surface area contributed by atoms with E-state index in [1.165, 1.54) is 4.90 Å². The lowest BCUT2D eigenvalue weighted by Crippen LogP contribution is -2.28. The number of nitrogens with zero attached hydrogens (tertiary/aromatic N) is 3. The van der Waals surface area contributed by atoms with Crippen LogP contribution in [0.4, 0.5) is 5.69 Å². The lowest BCUT2D eigenvalue weighted by atomic mass is 10.2. The third-order valence-electron chi connectivity index (χ3n) is 3.75. The van der Waals surface area contributed by atoms with Crippen LogP contribution in [-0.2, 0) is 6.54 Å². The number of thiocarbonyl (C=S) groups is 1. The van der Waals surface area contributed by atoms with E-state index in [9.17, 15) is 4.79 Å². The number of benzene rings is 2. The van der Waals surface area contributed by atoms with Crippen molar-refractivity contribution in [1.82, 2.24) is 20.4 Å². The minimum Gasteiger partial charge on any atom is -0.353 e. The van der Waals surface area contributed by atoms with Gasteiger partial charge in [-0.2, -0.15) is 4.98 Å². The van der Waals surface area contributed by atoms with E-state index in [2.05, 4.69) is 20.8 Å². The molecule has 0 bridgehead atoms. The second kappa shape index (κ2) is 8.81. The fourth-order valence-corrected chi connectivity index (χ4v) is 2.74. The maximum absolute atomic E-state index is 11.9. The summed E-state index contributed by atoms with van der Waals surface area (Å²) in [6, 6.07) is 14.3. The highest BCUT2D eigenvalue weighted by atomic mass is 35.5. The number of anilines is 1. The molecule has 7 nitrogen and oxygen atoms in total. The fraction of sp³-hybridized carbons (Fsp3) is 0.158. The van der Waals surface area contributed by atoms with E-state index in [1.807, 2.05) is 12.1 Å². The van der Waals surface area contributed by atoms with Gasteiger partial charge in [-0.05, 0) is 48.6 Å². The Labute approximate surface area is 172 Å². The van der Waals surface area contributed by atoms with Gasteiger partial charge in [0.25, 0.3) is 5.91 Å². The van der Waals surface area contributed by atoms with Crippen molar-refractivity contribution in [2.45, 2.75) is 6.54 Å². The van der Waals surface area contributed by atoms with E-state index in [0.29, 0.717) is 27.4 Å². The second-order valence-electron chi connectivity index (χ2n) is 6.11. The number of carbonyl (C=O) groups excluding carboxylic acids is 1. The minimum atomic E-state index is -0.0563. The topological polar surface area (TPSA) is 83.3 Å². The van der Waals surface area contributed by atoms with E-state index in [-0.39, 0.29) is 12.5 Å². The normalized spacial score (nSPS) is 10.4. The highest BCUT2D eigenvalue weighted by Gasteiger charge is 2.10. The summed E-state index contributed by atoms with van der Waals surface area (Å²) >= 11 is 11.3. The Balaban J connectivity index is 1.54. The number of nitrogens with one attached hydrogen (secondary N) is 2. The standard InChI is InChI=1S/C19H18ClN5O2S/c1-25(2)18(26)12-6-8-15(9-7-12)22-19(28)21-11-16-23-17(24-27-16)13-4-3-5-14(20)10-13/h3-10H,11H2,1-2H3,(H2,21,22,28). The number of hydrogen-bond acceptors (Lipinski definition) is 5. The second-order valence-corrected chi connectivity index (χ2v) is 6.95. The van der Waals surface area contributed by atoms with Crippen molar-refractivity contribution in [2.24, 2.45) is 0 Å². The van der Waals surface area contributed by atoms with Crippen LogP contribution in [0.25, 0.3) is 11.4 Å². The van der Waals surface area contributed by atoms with Crippen molar-refractivity contribution in [3.8, 4) is 11.4 Å². The summed E-state index contributed by atoms with van der Waals surface area (Å²) in [5.74, 6) is 0.796. The van der Waals surface area contributed by atoms with Gasteiger partial charge in [-0.15, -0.1) is 0 Å². The molecule has 1 amide bonds. The van der Waals surface area contributed by atoms with Crippen molar-refractivity contribution >= 4 is 40.5 Å². The lowest BCUT2D eigenvalue weighted by Gasteiger charge is -2.12. The number of amides is 1.